The molecule has 0 radical (unpaired) electrons. The summed E-state index contributed by atoms with van der Waals surface area (Å²) < 4.78 is 0. The van der Waals surface area contributed by atoms with E-state index in [-0.39, 0.29) is 5.41 Å². The van der Waals surface area contributed by atoms with E-state index in [0.717, 1.165) is 11.6 Å². The van der Waals surface area contributed by atoms with Gasteiger partial charge < -0.3 is 4.90 Å². The van der Waals surface area contributed by atoms with Crippen molar-refractivity contribution in [3.05, 3.63) is 34.9 Å². The fraction of sp³-hybridized carbons (Fsp3) is 0.625. The Hall–Kier alpha value is -0.530. The van der Waals surface area contributed by atoms with Gasteiger partial charge in [0.1, 0.15) is 0 Å². The molecule has 0 heterocycles. The number of rotatable bonds is 7. The smallest absolute Gasteiger partial charge is 0.0406 e. The molecule has 18 heavy (non-hydrogen) atoms. The minimum atomic E-state index is 0.213. The molecule has 0 bridgehead atoms. The first-order valence-corrected chi connectivity index (χ1v) is 7.28. The molecule has 0 aromatic heterocycles. The largest absolute Gasteiger partial charge is 0.306 e. The van der Waals surface area contributed by atoms with Crippen LogP contribution in [0.25, 0.3) is 0 Å². The van der Waals surface area contributed by atoms with Crippen molar-refractivity contribution < 1.29 is 0 Å². The first-order chi connectivity index (χ1) is 8.45. The van der Waals surface area contributed by atoms with Crippen LogP contribution >= 0.6 is 11.6 Å². The molecule has 0 atom stereocenters. The molecule has 0 saturated heterocycles. The molecule has 0 fully saturated rings. The summed E-state index contributed by atoms with van der Waals surface area (Å²) >= 11 is 5.94. The Kier molecular flexibility index (Phi) is 6.17. The van der Waals surface area contributed by atoms with Crippen LogP contribution in [0, 0.1) is 0 Å². The minimum absolute atomic E-state index is 0.213. The summed E-state index contributed by atoms with van der Waals surface area (Å²) in [6.45, 7) is 9.21. The predicted octanol–water partition coefficient (Wildman–Crippen LogP) is 4.74. The second-order valence-electron chi connectivity index (χ2n) is 5.80. The van der Waals surface area contributed by atoms with E-state index in [9.17, 15) is 0 Å². The van der Waals surface area contributed by atoms with Gasteiger partial charge in [-0.2, -0.15) is 0 Å². The molecule has 0 aliphatic carbocycles. The highest BCUT2D eigenvalue weighted by Gasteiger charge is 2.20. The van der Waals surface area contributed by atoms with Crippen molar-refractivity contribution in [1.29, 1.82) is 0 Å². The Morgan fingerprint density at radius 1 is 1.11 bits per heavy atom. The Morgan fingerprint density at radius 3 is 2.28 bits per heavy atom. The molecule has 0 unspecified atom stereocenters. The van der Waals surface area contributed by atoms with E-state index in [1.807, 2.05) is 12.1 Å². The van der Waals surface area contributed by atoms with Gasteiger partial charge in [0.05, 0.1) is 0 Å². The first kappa shape index (κ1) is 15.5. The lowest BCUT2D eigenvalue weighted by atomic mass is 9.81. The fourth-order valence-corrected chi connectivity index (χ4v) is 2.18. The summed E-state index contributed by atoms with van der Waals surface area (Å²) in [6, 6.07) is 8.27. The molecular weight excluding hydrogens is 242 g/mol. The molecule has 0 N–H and O–H groups in total. The van der Waals surface area contributed by atoms with Gasteiger partial charge in [-0.3, -0.25) is 0 Å². The molecule has 1 aromatic rings. The van der Waals surface area contributed by atoms with Crippen LogP contribution in [-0.4, -0.2) is 25.0 Å². The summed E-state index contributed by atoms with van der Waals surface area (Å²) in [5.74, 6) is 0. The van der Waals surface area contributed by atoms with Gasteiger partial charge in [0.25, 0.3) is 0 Å². The van der Waals surface area contributed by atoms with Crippen LogP contribution in [0.3, 0.4) is 0 Å². The van der Waals surface area contributed by atoms with Crippen molar-refractivity contribution >= 4 is 11.6 Å². The summed E-state index contributed by atoms with van der Waals surface area (Å²) in [4.78, 5) is 2.43. The van der Waals surface area contributed by atoms with Gasteiger partial charge in [-0.1, -0.05) is 50.9 Å². The maximum Gasteiger partial charge on any atom is 0.0406 e. The van der Waals surface area contributed by atoms with E-state index >= 15 is 0 Å². The maximum atomic E-state index is 5.94. The number of halogens is 1. The molecule has 0 saturated carbocycles. The number of unbranched alkanes of at least 4 members (excludes halogenated alkanes) is 1. The van der Waals surface area contributed by atoms with E-state index in [4.69, 9.17) is 11.6 Å². The van der Waals surface area contributed by atoms with Crippen molar-refractivity contribution in [1.82, 2.24) is 4.90 Å². The first-order valence-electron chi connectivity index (χ1n) is 6.90. The molecular formula is C16H26ClN. The monoisotopic (exact) mass is 267 g/mol. The molecule has 2 heteroatoms. The molecule has 0 spiro atoms. The van der Waals surface area contributed by atoms with Gasteiger partial charge in [-0.15, -0.1) is 0 Å². The fourth-order valence-electron chi connectivity index (χ4n) is 2.06. The van der Waals surface area contributed by atoms with Gasteiger partial charge in [0, 0.05) is 5.02 Å². The third-order valence-corrected chi connectivity index (χ3v) is 3.89. The van der Waals surface area contributed by atoms with Crippen LogP contribution < -0.4 is 0 Å². The number of hydrogen-bond donors (Lipinski definition) is 0. The van der Waals surface area contributed by atoms with Gasteiger partial charge >= 0.3 is 0 Å². The Labute approximate surface area is 117 Å². The molecule has 1 aromatic carbocycles. The van der Waals surface area contributed by atoms with Gasteiger partial charge in [0.15, 0.2) is 0 Å². The minimum Gasteiger partial charge on any atom is -0.306 e. The molecule has 0 aliphatic heterocycles. The highest BCUT2D eigenvalue weighted by molar-refractivity contribution is 6.30. The lowest BCUT2D eigenvalue weighted by molar-refractivity contribution is 0.290. The average Bonchev–Trinajstić information content (AvgIpc) is 2.34. The average molecular weight is 268 g/mol. The van der Waals surface area contributed by atoms with Crippen LogP contribution in [0.15, 0.2) is 24.3 Å². The standard InChI is InChI=1S/C16H26ClN/c1-5-6-12-18(4)13-11-16(2,3)14-7-9-15(17)10-8-14/h7-10H,5-6,11-13H2,1-4H3. The van der Waals surface area contributed by atoms with E-state index < -0.39 is 0 Å². The molecule has 0 amide bonds. The van der Waals surface area contributed by atoms with E-state index in [2.05, 4.69) is 44.9 Å². The quantitative estimate of drug-likeness (QED) is 0.690. The van der Waals surface area contributed by atoms with Crippen molar-refractivity contribution in [2.24, 2.45) is 0 Å². The van der Waals surface area contributed by atoms with Crippen molar-refractivity contribution in [2.75, 3.05) is 20.1 Å². The number of benzene rings is 1. The van der Waals surface area contributed by atoms with Crippen LogP contribution in [0.1, 0.15) is 45.6 Å². The zero-order chi connectivity index (χ0) is 13.6. The topological polar surface area (TPSA) is 3.24 Å². The van der Waals surface area contributed by atoms with Crippen molar-refractivity contribution in [3.63, 3.8) is 0 Å². The lowest BCUT2D eigenvalue weighted by Crippen LogP contribution is -2.28. The Bertz CT molecular complexity index is 343. The second kappa shape index (κ2) is 7.16. The summed E-state index contributed by atoms with van der Waals surface area (Å²) in [7, 11) is 2.22. The van der Waals surface area contributed by atoms with E-state index in [1.165, 1.54) is 31.4 Å². The highest BCUT2D eigenvalue weighted by Crippen LogP contribution is 2.28. The van der Waals surface area contributed by atoms with Crippen molar-refractivity contribution in [2.45, 2.75) is 45.4 Å². The SMILES string of the molecule is CCCCN(C)CCC(C)(C)c1ccc(Cl)cc1. The third-order valence-electron chi connectivity index (χ3n) is 3.64. The molecule has 0 aliphatic rings. The van der Waals surface area contributed by atoms with Gasteiger partial charge in [0.2, 0.25) is 0 Å². The van der Waals surface area contributed by atoms with Gasteiger partial charge in [-0.05, 0) is 56.1 Å². The zero-order valence-corrected chi connectivity index (χ0v) is 12.9. The maximum absolute atomic E-state index is 5.94. The van der Waals surface area contributed by atoms with Crippen molar-refractivity contribution in [3.8, 4) is 0 Å². The molecule has 102 valence electrons. The summed E-state index contributed by atoms with van der Waals surface area (Å²) in [5.41, 5.74) is 1.58. The molecule has 1 nitrogen and oxygen atoms in total. The Balaban J connectivity index is 2.51. The number of hydrogen-bond acceptors (Lipinski definition) is 1. The normalized spacial score (nSPS) is 12.1. The van der Waals surface area contributed by atoms with Crippen LogP contribution in [0.5, 0.6) is 0 Å². The second-order valence-corrected chi connectivity index (χ2v) is 6.23. The lowest BCUT2D eigenvalue weighted by Gasteiger charge is -2.28. The third kappa shape index (κ3) is 4.99. The summed E-state index contributed by atoms with van der Waals surface area (Å²) in [6.07, 6.45) is 3.73. The van der Waals surface area contributed by atoms with E-state index in [0.29, 0.717) is 0 Å². The van der Waals surface area contributed by atoms with E-state index in [1.54, 1.807) is 0 Å². The zero-order valence-electron chi connectivity index (χ0n) is 12.2. The highest BCUT2D eigenvalue weighted by atomic mass is 35.5. The molecule has 1 rings (SSSR count). The van der Waals surface area contributed by atoms with Crippen LogP contribution in [0.4, 0.5) is 0 Å². The van der Waals surface area contributed by atoms with Crippen LogP contribution in [-0.2, 0) is 5.41 Å². The van der Waals surface area contributed by atoms with Gasteiger partial charge in [-0.25, -0.2) is 0 Å². The Morgan fingerprint density at radius 2 is 1.72 bits per heavy atom. The van der Waals surface area contributed by atoms with Crippen LogP contribution in [0.2, 0.25) is 5.02 Å². The number of nitrogens with zero attached hydrogens (tertiary/aromatic N) is 1. The summed E-state index contributed by atoms with van der Waals surface area (Å²) in [5, 5.41) is 0.814. The predicted molar refractivity (Wildman–Crippen MR) is 81.5 cm³/mol.